The molecule has 3 nitrogen and oxygen atoms in total. The highest BCUT2D eigenvalue weighted by Gasteiger charge is 2.15. The summed E-state index contributed by atoms with van der Waals surface area (Å²) in [6, 6.07) is 19.7. The fourth-order valence-electron chi connectivity index (χ4n) is 2.84. The average molecular weight is 286 g/mol. The maximum Gasteiger partial charge on any atom is 0.211 e. The van der Waals surface area contributed by atoms with Crippen molar-refractivity contribution in [2.24, 2.45) is 0 Å². The summed E-state index contributed by atoms with van der Waals surface area (Å²) in [5.74, 6) is -0.00690. The highest BCUT2D eigenvalue weighted by molar-refractivity contribution is 6.10. The molecule has 2 aromatic heterocycles. The fraction of sp³-hybridized carbons (Fsp3) is 0.0526. The van der Waals surface area contributed by atoms with Gasteiger partial charge in [0.2, 0.25) is 5.78 Å². The van der Waals surface area contributed by atoms with E-state index in [-0.39, 0.29) is 5.78 Å². The number of rotatable bonds is 2. The van der Waals surface area contributed by atoms with E-state index in [9.17, 15) is 4.79 Å². The Hall–Kier alpha value is -2.94. The van der Waals surface area contributed by atoms with E-state index in [4.69, 9.17) is 0 Å². The van der Waals surface area contributed by atoms with Crippen molar-refractivity contribution in [3.05, 3.63) is 83.8 Å². The van der Waals surface area contributed by atoms with Gasteiger partial charge in [-0.1, -0.05) is 42.5 Å². The minimum Gasteiger partial charge on any atom is -0.294 e. The van der Waals surface area contributed by atoms with E-state index in [0.29, 0.717) is 11.3 Å². The summed E-state index contributed by atoms with van der Waals surface area (Å²) in [4.78, 5) is 17.2. The molecule has 0 unspecified atom stereocenters. The van der Waals surface area contributed by atoms with Gasteiger partial charge in [0.05, 0.1) is 6.20 Å². The number of hydrogen-bond acceptors (Lipinski definition) is 2. The number of benzene rings is 2. The van der Waals surface area contributed by atoms with E-state index >= 15 is 0 Å². The molecule has 0 radical (unpaired) electrons. The zero-order valence-corrected chi connectivity index (χ0v) is 12.2. The molecule has 2 heterocycles. The summed E-state index contributed by atoms with van der Waals surface area (Å²) in [6.45, 7) is 1.98. The number of carbonyl (C=O) groups is 1. The van der Waals surface area contributed by atoms with Gasteiger partial charge in [-0.15, -0.1) is 0 Å². The number of hydrogen-bond donors (Lipinski definition) is 0. The van der Waals surface area contributed by atoms with Crippen molar-refractivity contribution in [2.45, 2.75) is 6.92 Å². The van der Waals surface area contributed by atoms with Crippen LogP contribution in [0, 0.1) is 6.92 Å². The molecule has 0 fully saturated rings. The Morgan fingerprint density at radius 1 is 0.955 bits per heavy atom. The Bertz CT molecular complexity index is 1010. The largest absolute Gasteiger partial charge is 0.294 e. The van der Waals surface area contributed by atoms with Crippen LogP contribution in [0.1, 0.15) is 21.7 Å². The lowest BCUT2D eigenvalue weighted by molar-refractivity contribution is 0.103. The zero-order valence-electron chi connectivity index (χ0n) is 12.2. The van der Waals surface area contributed by atoms with E-state index in [0.717, 1.165) is 22.1 Å². The first-order valence-corrected chi connectivity index (χ1v) is 7.20. The van der Waals surface area contributed by atoms with Crippen LogP contribution >= 0.6 is 0 Å². The van der Waals surface area contributed by atoms with Crippen molar-refractivity contribution in [1.29, 1.82) is 0 Å². The van der Waals surface area contributed by atoms with Gasteiger partial charge in [-0.05, 0) is 35.9 Å². The van der Waals surface area contributed by atoms with Crippen LogP contribution in [0.4, 0.5) is 0 Å². The van der Waals surface area contributed by atoms with Crippen molar-refractivity contribution in [2.75, 3.05) is 0 Å². The standard InChI is InChI=1S/C19H14N2O/c1-13-5-4-8-18-20-12-17(21(13)18)19(22)16-10-9-14-6-2-3-7-15(14)11-16/h2-12H,1H3. The summed E-state index contributed by atoms with van der Waals surface area (Å²) in [7, 11) is 0. The van der Waals surface area contributed by atoms with Gasteiger partial charge >= 0.3 is 0 Å². The molecule has 0 N–H and O–H groups in total. The molecule has 0 amide bonds. The van der Waals surface area contributed by atoms with E-state index in [1.807, 2.05) is 72.0 Å². The van der Waals surface area contributed by atoms with Crippen LogP contribution in [0.3, 0.4) is 0 Å². The molecule has 4 aromatic rings. The molecule has 0 spiro atoms. The topological polar surface area (TPSA) is 34.4 Å². The lowest BCUT2D eigenvalue weighted by Gasteiger charge is -2.06. The number of fused-ring (bicyclic) bond motifs is 2. The second-order valence-electron chi connectivity index (χ2n) is 5.40. The third-order valence-corrected chi connectivity index (χ3v) is 3.97. The second kappa shape index (κ2) is 4.81. The molecule has 0 saturated carbocycles. The molecule has 106 valence electrons. The highest BCUT2D eigenvalue weighted by Crippen LogP contribution is 2.19. The number of nitrogens with zero attached hydrogens (tertiary/aromatic N) is 2. The number of aryl methyl sites for hydroxylation is 1. The smallest absolute Gasteiger partial charge is 0.211 e. The summed E-state index contributed by atoms with van der Waals surface area (Å²) < 4.78 is 1.90. The van der Waals surface area contributed by atoms with Crippen LogP contribution in [0.25, 0.3) is 16.4 Å². The van der Waals surface area contributed by atoms with E-state index in [1.54, 1.807) is 6.20 Å². The number of imidazole rings is 1. The Kier molecular flexibility index (Phi) is 2.79. The van der Waals surface area contributed by atoms with Crippen molar-refractivity contribution in [3.63, 3.8) is 0 Å². The van der Waals surface area contributed by atoms with Gasteiger partial charge in [0.15, 0.2) is 0 Å². The summed E-state index contributed by atoms with van der Waals surface area (Å²) in [5.41, 5.74) is 3.08. The van der Waals surface area contributed by atoms with Crippen LogP contribution in [0.2, 0.25) is 0 Å². The summed E-state index contributed by atoms with van der Waals surface area (Å²) in [6.07, 6.45) is 1.65. The quantitative estimate of drug-likeness (QED) is 0.521. The average Bonchev–Trinajstić information content (AvgIpc) is 2.99. The second-order valence-corrected chi connectivity index (χ2v) is 5.40. The van der Waals surface area contributed by atoms with E-state index in [2.05, 4.69) is 4.98 Å². The van der Waals surface area contributed by atoms with Crippen molar-refractivity contribution in [3.8, 4) is 0 Å². The normalized spacial score (nSPS) is 11.1. The molecule has 0 aliphatic heterocycles. The molecule has 0 aliphatic rings. The zero-order chi connectivity index (χ0) is 15.1. The van der Waals surface area contributed by atoms with Gasteiger partial charge in [0, 0.05) is 11.3 Å². The molecule has 0 atom stereocenters. The number of ketones is 1. The molecule has 3 heteroatoms. The Balaban J connectivity index is 1.88. The van der Waals surface area contributed by atoms with Crippen LogP contribution in [-0.2, 0) is 0 Å². The monoisotopic (exact) mass is 286 g/mol. The number of carbonyl (C=O) groups excluding carboxylic acids is 1. The first kappa shape index (κ1) is 12.8. The SMILES string of the molecule is Cc1cccc2ncc(C(=O)c3ccc4ccccc4c3)n12. The maximum atomic E-state index is 12.9. The Morgan fingerprint density at radius 2 is 1.77 bits per heavy atom. The first-order chi connectivity index (χ1) is 10.7. The van der Waals surface area contributed by atoms with Crippen LogP contribution < -0.4 is 0 Å². The molecule has 22 heavy (non-hydrogen) atoms. The fourth-order valence-corrected chi connectivity index (χ4v) is 2.84. The van der Waals surface area contributed by atoms with E-state index < -0.39 is 0 Å². The molecular weight excluding hydrogens is 272 g/mol. The minimum atomic E-state index is -0.00690. The number of pyridine rings is 1. The molecule has 0 aliphatic carbocycles. The molecular formula is C19H14N2O. The van der Waals surface area contributed by atoms with Crippen molar-refractivity contribution < 1.29 is 4.79 Å². The van der Waals surface area contributed by atoms with E-state index in [1.165, 1.54) is 0 Å². The van der Waals surface area contributed by atoms with Gasteiger partial charge in [0.1, 0.15) is 11.3 Å². The van der Waals surface area contributed by atoms with Gasteiger partial charge in [0.25, 0.3) is 0 Å². The maximum absolute atomic E-state index is 12.9. The van der Waals surface area contributed by atoms with Gasteiger partial charge in [-0.2, -0.15) is 0 Å². The van der Waals surface area contributed by atoms with Gasteiger partial charge < -0.3 is 0 Å². The molecule has 2 aromatic carbocycles. The van der Waals surface area contributed by atoms with Crippen molar-refractivity contribution >= 4 is 22.2 Å². The third kappa shape index (κ3) is 1.91. The Morgan fingerprint density at radius 3 is 2.64 bits per heavy atom. The predicted molar refractivity (Wildman–Crippen MR) is 87.3 cm³/mol. The van der Waals surface area contributed by atoms with Gasteiger partial charge in [-0.3, -0.25) is 9.20 Å². The van der Waals surface area contributed by atoms with Crippen LogP contribution in [0.15, 0.2) is 66.9 Å². The third-order valence-electron chi connectivity index (χ3n) is 3.97. The predicted octanol–water partition coefficient (Wildman–Crippen LogP) is 4.03. The Labute approximate surface area is 127 Å². The minimum absolute atomic E-state index is 0.00690. The summed E-state index contributed by atoms with van der Waals surface area (Å²) in [5, 5.41) is 2.20. The lowest BCUT2D eigenvalue weighted by atomic mass is 10.0. The number of aromatic nitrogens is 2. The molecule has 0 bridgehead atoms. The van der Waals surface area contributed by atoms with Crippen LogP contribution in [0.5, 0.6) is 0 Å². The highest BCUT2D eigenvalue weighted by atomic mass is 16.1. The molecule has 4 rings (SSSR count). The van der Waals surface area contributed by atoms with Crippen molar-refractivity contribution in [1.82, 2.24) is 9.38 Å². The molecule has 0 saturated heterocycles. The van der Waals surface area contributed by atoms with Crippen LogP contribution in [-0.4, -0.2) is 15.2 Å². The summed E-state index contributed by atoms with van der Waals surface area (Å²) >= 11 is 0. The lowest BCUT2D eigenvalue weighted by Crippen LogP contribution is -2.06. The first-order valence-electron chi connectivity index (χ1n) is 7.20. The van der Waals surface area contributed by atoms with Gasteiger partial charge in [-0.25, -0.2) is 4.98 Å².